The molecule has 0 spiro atoms. The van der Waals surface area contributed by atoms with Crippen molar-refractivity contribution in [1.82, 2.24) is 19.7 Å². The van der Waals surface area contributed by atoms with E-state index in [9.17, 15) is 9.59 Å². The maximum atomic E-state index is 12.8. The van der Waals surface area contributed by atoms with Crippen LogP contribution in [0.5, 0.6) is 0 Å². The Labute approximate surface area is 230 Å². The van der Waals surface area contributed by atoms with Crippen LogP contribution in [-0.4, -0.2) is 71.7 Å². The molecule has 2 fully saturated rings. The maximum Gasteiger partial charge on any atom is 0.411 e. The first-order chi connectivity index (χ1) is 19.1. The fraction of sp³-hybridized carbons (Fsp3) is 0.419. The number of nitrogens with zero attached hydrogens (tertiary/aromatic N) is 3. The SMILES string of the molecule is Cn1c(CN2CCCC2)ccc1C(=O)NCCN1CCC(OC(=O)Nc2ccccc2-c2ccccc2)CC1. The van der Waals surface area contributed by atoms with Crippen LogP contribution in [0.1, 0.15) is 41.9 Å². The summed E-state index contributed by atoms with van der Waals surface area (Å²) >= 11 is 0. The summed E-state index contributed by atoms with van der Waals surface area (Å²) in [6.45, 7) is 6.21. The first-order valence-electron chi connectivity index (χ1n) is 14.1. The Morgan fingerprint density at radius 2 is 1.59 bits per heavy atom. The number of para-hydroxylation sites is 1. The second kappa shape index (κ2) is 13.0. The molecule has 1 aromatic heterocycles. The van der Waals surface area contributed by atoms with Gasteiger partial charge < -0.3 is 19.5 Å². The van der Waals surface area contributed by atoms with E-state index in [-0.39, 0.29) is 12.0 Å². The van der Waals surface area contributed by atoms with Gasteiger partial charge in [-0.15, -0.1) is 0 Å². The summed E-state index contributed by atoms with van der Waals surface area (Å²) in [5, 5.41) is 6.00. The van der Waals surface area contributed by atoms with E-state index in [1.807, 2.05) is 72.3 Å². The molecule has 2 amide bonds. The van der Waals surface area contributed by atoms with Crippen LogP contribution >= 0.6 is 0 Å². The Bertz CT molecular complexity index is 1240. The highest BCUT2D eigenvalue weighted by Crippen LogP contribution is 2.28. The van der Waals surface area contributed by atoms with Crippen molar-refractivity contribution >= 4 is 17.7 Å². The highest BCUT2D eigenvalue weighted by Gasteiger charge is 2.23. The second-order valence-corrected chi connectivity index (χ2v) is 10.5. The zero-order valence-electron chi connectivity index (χ0n) is 22.8. The molecule has 2 aromatic carbocycles. The Kier molecular flexibility index (Phi) is 8.96. The van der Waals surface area contributed by atoms with Crippen LogP contribution in [0.15, 0.2) is 66.7 Å². The number of hydrogen-bond donors (Lipinski definition) is 2. The van der Waals surface area contributed by atoms with Crippen molar-refractivity contribution in [3.63, 3.8) is 0 Å². The molecule has 3 heterocycles. The van der Waals surface area contributed by atoms with Gasteiger partial charge in [0.1, 0.15) is 11.8 Å². The lowest BCUT2D eigenvalue weighted by molar-refractivity contribution is 0.0587. The normalized spacial score (nSPS) is 16.7. The summed E-state index contributed by atoms with van der Waals surface area (Å²) in [5.41, 5.74) is 4.63. The molecule has 2 saturated heterocycles. The van der Waals surface area contributed by atoms with Gasteiger partial charge in [0.2, 0.25) is 0 Å². The molecule has 0 radical (unpaired) electrons. The highest BCUT2D eigenvalue weighted by atomic mass is 16.6. The van der Waals surface area contributed by atoms with E-state index in [0.29, 0.717) is 12.2 Å². The van der Waals surface area contributed by atoms with E-state index in [1.165, 1.54) is 18.5 Å². The summed E-state index contributed by atoms with van der Waals surface area (Å²) in [6, 6.07) is 21.7. The lowest BCUT2D eigenvalue weighted by Crippen LogP contribution is -2.42. The van der Waals surface area contributed by atoms with Crippen molar-refractivity contribution in [2.24, 2.45) is 7.05 Å². The number of ether oxygens (including phenoxy) is 1. The Hall–Kier alpha value is -3.62. The smallest absolute Gasteiger partial charge is 0.411 e. The Morgan fingerprint density at radius 3 is 2.36 bits per heavy atom. The van der Waals surface area contributed by atoms with Crippen LogP contribution in [0.2, 0.25) is 0 Å². The number of benzene rings is 2. The Balaban J connectivity index is 1.02. The summed E-state index contributed by atoms with van der Waals surface area (Å²) in [6.07, 6.45) is 3.54. The number of aromatic nitrogens is 1. The molecular formula is C31H39N5O3. The predicted octanol–water partition coefficient (Wildman–Crippen LogP) is 4.73. The lowest BCUT2D eigenvalue weighted by Gasteiger charge is -2.31. The average Bonchev–Trinajstić information content (AvgIpc) is 3.60. The number of nitrogens with one attached hydrogen (secondary N) is 2. The molecule has 0 bridgehead atoms. The predicted molar refractivity (Wildman–Crippen MR) is 154 cm³/mol. The molecule has 5 rings (SSSR count). The number of carbonyl (C=O) groups is 2. The minimum Gasteiger partial charge on any atom is -0.446 e. The van der Waals surface area contributed by atoms with Crippen LogP contribution in [0.4, 0.5) is 10.5 Å². The topological polar surface area (TPSA) is 78.8 Å². The van der Waals surface area contributed by atoms with E-state index in [2.05, 4.69) is 26.5 Å². The Morgan fingerprint density at radius 1 is 0.872 bits per heavy atom. The van der Waals surface area contributed by atoms with E-state index >= 15 is 0 Å². The molecule has 0 unspecified atom stereocenters. The quantitative estimate of drug-likeness (QED) is 0.419. The van der Waals surface area contributed by atoms with E-state index in [1.54, 1.807) is 0 Å². The van der Waals surface area contributed by atoms with Gasteiger partial charge in [-0.25, -0.2) is 4.79 Å². The molecular weight excluding hydrogens is 490 g/mol. The lowest BCUT2D eigenvalue weighted by atomic mass is 10.0. The van der Waals surface area contributed by atoms with Crippen LogP contribution in [0.3, 0.4) is 0 Å². The number of anilines is 1. The van der Waals surface area contributed by atoms with Gasteiger partial charge in [-0.3, -0.25) is 15.0 Å². The summed E-state index contributed by atoms with van der Waals surface area (Å²) in [4.78, 5) is 30.2. The molecule has 0 atom stereocenters. The summed E-state index contributed by atoms with van der Waals surface area (Å²) < 4.78 is 7.76. The molecule has 39 heavy (non-hydrogen) atoms. The molecule has 8 nitrogen and oxygen atoms in total. The van der Waals surface area contributed by atoms with E-state index in [4.69, 9.17) is 4.74 Å². The van der Waals surface area contributed by atoms with Gasteiger partial charge in [0.25, 0.3) is 5.91 Å². The number of likely N-dealkylation sites (tertiary alicyclic amines) is 2. The monoisotopic (exact) mass is 529 g/mol. The average molecular weight is 530 g/mol. The second-order valence-electron chi connectivity index (χ2n) is 10.5. The van der Waals surface area contributed by atoms with Gasteiger partial charge in [0.15, 0.2) is 0 Å². The number of hydrogen-bond acceptors (Lipinski definition) is 5. The fourth-order valence-electron chi connectivity index (χ4n) is 5.53. The van der Waals surface area contributed by atoms with Gasteiger partial charge >= 0.3 is 6.09 Å². The first-order valence-corrected chi connectivity index (χ1v) is 14.1. The van der Waals surface area contributed by atoms with Crippen molar-refractivity contribution in [2.75, 3.05) is 44.6 Å². The molecule has 3 aromatic rings. The van der Waals surface area contributed by atoms with Crippen molar-refractivity contribution in [3.05, 3.63) is 78.1 Å². The van der Waals surface area contributed by atoms with Crippen molar-refractivity contribution < 1.29 is 14.3 Å². The third-order valence-electron chi connectivity index (χ3n) is 7.81. The molecule has 8 heteroatoms. The molecule has 0 saturated carbocycles. The van der Waals surface area contributed by atoms with Crippen molar-refractivity contribution in [2.45, 2.75) is 38.3 Å². The number of piperidine rings is 1. The van der Waals surface area contributed by atoms with Gasteiger partial charge in [-0.1, -0.05) is 48.5 Å². The van der Waals surface area contributed by atoms with Gasteiger partial charge in [0.05, 0.1) is 5.69 Å². The fourth-order valence-corrected chi connectivity index (χ4v) is 5.53. The summed E-state index contributed by atoms with van der Waals surface area (Å²) in [7, 11) is 1.97. The summed E-state index contributed by atoms with van der Waals surface area (Å²) in [5.74, 6) is -0.0316. The number of amides is 2. The third-order valence-corrected chi connectivity index (χ3v) is 7.81. The van der Waals surface area contributed by atoms with Crippen molar-refractivity contribution in [3.8, 4) is 11.1 Å². The first kappa shape index (κ1) is 27.0. The van der Waals surface area contributed by atoms with Crippen LogP contribution in [0, 0.1) is 0 Å². The van der Waals surface area contributed by atoms with Gasteiger partial charge in [-0.2, -0.15) is 0 Å². The number of carbonyl (C=O) groups excluding carboxylic acids is 2. The molecule has 2 aliphatic heterocycles. The van der Waals surface area contributed by atoms with Crippen LogP contribution in [-0.2, 0) is 18.3 Å². The van der Waals surface area contributed by atoms with Crippen LogP contribution < -0.4 is 10.6 Å². The minimum absolute atomic E-state index is 0.0316. The zero-order chi connectivity index (χ0) is 27.0. The molecule has 2 N–H and O–H groups in total. The van der Waals surface area contributed by atoms with Crippen LogP contribution in [0.25, 0.3) is 11.1 Å². The van der Waals surface area contributed by atoms with Gasteiger partial charge in [-0.05, 0) is 62.5 Å². The zero-order valence-corrected chi connectivity index (χ0v) is 22.8. The molecule has 0 aliphatic carbocycles. The standard InChI is InChI=1S/C31H39N5O3/c1-34-25(23-36-18-7-8-19-36)13-14-29(34)30(37)32-17-22-35-20-15-26(16-21-35)39-31(38)33-28-12-6-5-11-27(28)24-9-3-2-4-10-24/h2-6,9-14,26H,7-8,15-23H2,1H3,(H,32,37)(H,33,38). The van der Waals surface area contributed by atoms with Gasteiger partial charge in [0, 0.05) is 51.0 Å². The largest absolute Gasteiger partial charge is 0.446 e. The molecule has 206 valence electrons. The maximum absolute atomic E-state index is 12.8. The number of rotatable bonds is 9. The van der Waals surface area contributed by atoms with E-state index < -0.39 is 6.09 Å². The van der Waals surface area contributed by atoms with Crippen molar-refractivity contribution in [1.29, 1.82) is 0 Å². The highest BCUT2D eigenvalue weighted by molar-refractivity contribution is 5.93. The van der Waals surface area contributed by atoms with E-state index in [0.717, 1.165) is 68.9 Å². The minimum atomic E-state index is -0.421. The third kappa shape index (κ3) is 7.07. The molecule has 2 aliphatic rings.